The van der Waals surface area contributed by atoms with E-state index in [9.17, 15) is 0 Å². The first-order chi connectivity index (χ1) is 16.2. The Bertz CT molecular complexity index is 962. The second-order valence-corrected chi connectivity index (χ2v) is 8.76. The second kappa shape index (κ2) is 13.2. The van der Waals surface area contributed by atoms with E-state index in [4.69, 9.17) is 9.72 Å². The molecule has 0 radical (unpaired) electrons. The number of aryl methyl sites for hydroxylation is 2. The quantitative estimate of drug-likeness (QED) is 0.263. The van der Waals surface area contributed by atoms with Crippen molar-refractivity contribution >= 4 is 0 Å². The maximum absolute atomic E-state index is 5.88. The highest BCUT2D eigenvalue weighted by Gasteiger charge is 2.15. The molecule has 0 amide bonds. The highest BCUT2D eigenvalue weighted by molar-refractivity contribution is 5.69. The highest BCUT2D eigenvalue weighted by Crippen LogP contribution is 2.31. The van der Waals surface area contributed by atoms with E-state index in [0.29, 0.717) is 0 Å². The van der Waals surface area contributed by atoms with E-state index in [-0.39, 0.29) is 0 Å². The lowest BCUT2D eigenvalue weighted by atomic mass is 9.94. The SMILES string of the molecule is CCCCCN(CCc1ccccc1)Cc1cnc(-c2c(CC)cccc2CC)cc1OC. The molecule has 33 heavy (non-hydrogen) atoms. The van der Waals surface area contributed by atoms with Crippen LogP contribution in [0.5, 0.6) is 5.75 Å². The van der Waals surface area contributed by atoms with Crippen molar-refractivity contribution in [3.8, 4) is 17.0 Å². The van der Waals surface area contributed by atoms with Gasteiger partial charge in [0.2, 0.25) is 0 Å². The van der Waals surface area contributed by atoms with Crippen molar-refractivity contribution in [2.45, 2.75) is 65.8 Å². The zero-order valence-corrected chi connectivity index (χ0v) is 20.9. The highest BCUT2D eigenvalue weighted by atomic mass is 16.5. The average molecular weight is 445 g/mol. The standard InChI is InChI=1S/C30H40N2O/c1-5-8-12-19-32(20-18-24-14-10-9-11-15-24)23-27-22-31-28(21-29(27)33-4)30-25(6-2)16-13-17-26(30)7-3/h9-11,13-17,21-22H,5-8,12,18-20,23H2,1-4H3. The largest absolute Gasteiger partial charge is 0.496 e. The Balaban J connectivity index is 1.83. The first kappa shape index (κ1) is 25.0. The molecule has 3 nitrogen and oxygen atoms in total. The summed E-state index contributed by atoms with van der Waals surface area (Å²) < 4.78 is 5.88. The van der Waals surface area contributed by atoms with Crippen LogP contribution in [0, 0.1) is 0 Å². The van der Waals surface area contributed by atoms with Crippen LogP contribution in [0.2, 0.25) is 0 Å². The molecular formula is C30H40N2O. The Hall–Kier alpha value is -2.65. The summed E-state index contributed by atoms with van der Waals surface area (Å²) in [6.07, 6.45) is 8.83. The van der Waals surface area contributed by atoms with Crippen LogP contribution in [-0.4, -0.2) is 30.1 Å². The van der Waals surface area contributed by atoms with Gasteiger partial charge in [-0.1, -0.05) is 82.1 Å². The molecule has 1 aromatic heterocycles. The van der Waals surface area contributed by atoms with E-state index >= 15 is 0 Å². The average Bonchev–Trinajstić information content (AvgIpc) is 2.87. The van der Waals surface area contributed by atoms with Crippen LogP contribution in [0.25, 0.3) is 11.3 Å². The Kier molecular flexibility index (Phi) is 9.96. The van der Waals surface area contributed by atoms with Gasteiger partial charge in [0.25, 0.3) is 0 Å². The van der Waals surface area contributed by atoms with Crippen LogP contribution in [0.1, 0.15) is 62.3 Å². The molecule has 0 N–H and O–H groups in total. The lowest BCUT2D eigenvalue weighted by Crippen LogP contribution is -2.27. The van der Waals surface area contributed by atoms with Crippen LogP contribution < -0.4 is 4.74 Å². The van der Waals surface area contributed by atoms with E-state index in [1.807, 2.05) is 6.20 Å². The summed E-state index contributed by atoms with van der Waals surface area (Å²) in [7, 11) is 1.78. The van der Waals surface area contributed by atoms with Crippen molar-refractivity contribution in [2.24, 2.45) is 0 Å². The zero-order chi connectivity index (χ0) is 23.5. The number of methoxy groups -OCH3 is 1. The normalized spacial score (nSPS) is 11.2. The third kappa shape index (κ3) is 6.91. The predicted molar refractivity (Wildman–Crippen MR) is 140 cm³/mol. The van der Waals surface area contributed by atoms with E-state index in [1.165, 1.54) is 41.5 Å². The molecule has 3 aromatic rings. The van der Waals surface area contributed by atoms with Crippen molar-refractivity contribution in [1.29, 1.82) is 0 Å². The van der Waals surface area contributed by atoms with Crippen LogP contribution in [0.15, 0.2) is 60.8 Å². The van der Waals surface area contributed by atoms with E-state index in [2.05, 4.69) is 80.3 Å². The van der Waals surface area contributed by atoms with E-state index < -0.39 is 0 Å². The maximum Gasteiger partial charge on any atom is 0.127 e. The number of hydrogen-bond donors (Lipinski definition) is 0. The van der Waals surface area contributed by atoms with E-state index in [1.54, 1.807) is 7.11 Å². The summed E-state index contributed by atoms with van der Waals surface area (Å²) in [6, 6.07) is 19.5. The summed E-state index contributed by atoms with van der Waals surface area (Å²) >= 11 is 0. The number of aromatic nitrogens is 1. The van der Waals surface area contributed by atoms with Gasteiger partial charge in [0, 0.05) is 36.5 Å². The molecule has 176 valence electrons. The molecule has 2 aromatic carbocycles. The molecule has 0 aliphatic rings. The Morgan fingerprint density at radius 1 is 0.818 bits per heavy atom. The molecular weight excluding hydrogens is 404 g/mol. The van der Waals surface area contributed by atoms with Crippen LogP contribution in [-0.2, 0) is 25.8 Å². The fourth-order valence-corrected chi connectivity index (χ4v) is 4.51. The van der Waals surface area contributed by atoms with Crippen LogP contribution in [0.4, 0.5) is 0 Å². The molecule has 0 saturated carbocycles. The molecule has 0 unspecified atom stereocenters. The molecule has 0 aliphatic carbocycles. The minimum atomic E-state index is 0.864. The van der Waals surface area contributed by atoms with Crippen molar-refractivity contribution in [2.75, 3.05) is 20.2 Å². The van der Waals surface area contributed by atoms with Gasteiger partial charge in [-0.3, -0.25) is 9.88 Å². The lowest BCUT2D eigenvalue weighted by Gasteiger charge is -2.24. The number of hydrogen-bond acceptors (Lipinski definition) is 3. The van der Waals surface area contributed by atoms with Crippen molar-refractivity contribution in [3.63, 3.8) is 0 Å². The summed E-state index contributed by atoms with van der Waals surface area (Å²) in [5.41, 5.74) is 7.55. The molecule has 0 spiro atoms. The summed E-state index contributed by atoms with van der Waals surface area (Å²) in [4.78, 5) is 7.49. The number of benzene rings is 2. The summed E-state index contributed by atoms with van der Waals surface area (Å²) in [5.74, 6) is 0.938. The van der Waals surface area contributed by atoms with Gasteiger partial charge >= 0.3 is 0 Å². The van der Waals surface area contributed by atoms with Gasteiger partial charge in [-0.15, -0.1) is 0 Å². The lowest BCUT2D eigenvalue weighted by molar-refractivity contribution is 0.258. The molecule has 0 bridgehead atoms. The van der Waals surface area contributed by atoms with Gasteiger partial charge in [0.1, 0.15) is 5.75 Å². The molecule has 0 fully saturated rings. The summed E-state index contributed by atoms with van der Waals surface area (Å²) in [5, 5.41) is 0. The molecule has 1 heterocycles. The van der Waals surface area contributed by atoms with Gasteiger partial charge in [-0.25, -0.2) is 0 Å². The minimum absolute atomic E-state index is 0.864. The first-order valence-electron chi connectivity index (χ1n) is 12.6. The summed E-state index contributed by atoms with van der Waals surface area (Å²) in [6.45, 7) is 9.69. The monoisotopic (exact) mass is 444 g/mol. The number of ether oxygens (including phenoxy) is 1. The molecule has 0 atom stereocenters. The first-order valence-corrected chi connectivity index (χ1v) is 12.6. The number of unbranched alkanes of at least 4 members (excludes halogenated alkanes) is 2. The van der Waals surface area contributed by atoms with E-state index in [0.717, 1.165) is 55.9 Å². The molecule has 0 saturated heterocycles. The van der Waals surface area contributed by atoms with Crippen molar-refractivity contribution in [1.82, 2.24) is 9.88 Å². The molecule has 3 heteroatoms. The van der Waals surface area contributed by atoms with Gasteiger partial charge < -0.3 is 4.74 Å². The van der Waals surface area contributed by atoms with Gasteiger partial charge in [0.05, 0.1) is 12.8 Å². The third-order valence-corrected chi connectivity index (χ3v) is 6.45. The smallest absolute Gasteiger partial charge is 0.127 e. The van der Waals surface area contributed by atoms with Gasteiger partial charge in [0.15, 0.2) is 0 Å². The number of nitrogens with zero attached hydrogens (tertiary/aromatic N) is 2. The number of rotatable bonds is 13. The topological polar surface area (TPSA) is 25.4 Å². The van der Waals surface area contributed by atoms with Crippen LogP contribution in [0.3, 0.4) is 0 Å². The van der Waals surface area contributed by atoms with Crippen LogP contribution >= 0.6 is 0 Å². The third-order valence-electron chi connectivity index (χ3n) is 6.45. The number of pyridine rings is 1. The molecule has 3 rings (SSSR count). The van der Waals surface area contributed by atoms with Crippen molar-refractivity contribution in [3.05, 3.63) is 83.0 Å². The second-order valence-electron chi connectivity index (χ2n) is 8.76. The Morgan fingerprint density at radius 2 is 1.55 bits per heavy atom. The predicted octanol–water partition coefficient (Wildman–Crippen LogP) is 7.12. The maximum atomic E-state index is 5.88. The minimum Gasteiger partial charge on any atom is -0.496 e. The van der Waals surface area contributed by atoms with Crippen molar-refractivity contribution < 1.29 is 4.74 Å². The Morgan fingerprint density at radius 3 is 2.18 bits per heavy atom. The fourth-order valence-electron chi connectivity index (χ4n) is 4.51. The fraction of sp³-hybridized carbons (Fsp3) is 0.433. The zero-order valence-electron chi connectivity index (χ0n) is 20.9. The van der Waals surface area contributed by atoms with Gasteiger partial charge in [-0.05, 0) is 48.9 Å². The van der Waals surface area contributed by atoms with Gasteiger partial charge in [-0.2, -0.15) is 0 Å². The Labute approximate surface area is 200 Å². The molecule has 0 aliphatic heterocycles.